The Morgan fingerprint density at radius 1 is 1.13 bits per heavy atom. The summed E-state index contributed by atoms with van der Waals surface area (Å²) in [6, 6.07) is 11.4. The van der Waals surface area contributed by atoms with Gasteiger partial charge in [-0.25, -0.2) is 4.79 Å². The van der Waals surface area contributed by atoms with E-state index in [2.05, 4.69) is 17.2 Å². The van der Waals surface area contributed by atoms with E-state index in [1.165, 1.54) is 12.3 Å². The largest absolute Gasteiger partial charge is 0.467 e. The molecule has 1 aromatic carbocycles. The molecule has 0 radical (unpaired) electrons. The summed E-state index contributed by atoms with van der Waals surface area (Å²) < 4.78 is 22.1. The van der Waals surface area contributed by atoms with Crippen molar-refractivity contribution in [2.24, 2.45) is 0 Å². The summed E-state index contributed by atoms with van der Waals surface area (Å²) >= 11 is 0. The van der Waals surface area contributed by atoms with Crippen LogP contribution in [0.4, 0.5) is 4.79 Å². The van der Waals surface area contributed by atoms with Crippen molar-refractivity contribution in [1.29, 1.82) is 0 Å². The highest BCUT2D eigenvalue weighted by Gasteiger charge is 2.50. The minimum absolute atomic E-state index is 0.0221. The van der Waals surface area contributed by atoms with Crippen LogP contribution in [0.25, 0.3) is 0 Å². The minimum atomic E-state index is -1.83. The Bertz CT molecular complexity index is 785. The van der Waals surface area contributed by atoms with Gasteiger partial charge in [-0.05, 0) is 31.5 Å². The third kappa shape index (κ3) is 5.95. The Hall–Kier alpha value is -3.10. The first kappa shape index (κ1) is 23.2. The first-order chi connectivity index (χ1) is 14.6. The highest BCUT2D eigenvalue weighted by Crippen LogP contribution is 2.32. The lowest BCUT2D eigenvalue weighted by Crippen LogP contribution is -2.59. The van der Waals surface area contributed by atoms with E-state index in [9.17, 15) is 9.59 Å². The van der Waals surface area contributed by atoms with Gasteiger partial charge in [0.1, 0.15) is 18.4 Å². The standard InChI is InChI=1S/C22H28N2O6/c1-4-14-28-21(26)24-19(17-11-8-7-9-12-17)22(29-5-2,30-6-3)20(25)23-16-18-13-10-15-27-18/h4,7-13,15,19H,1,5-6,14,16H2,2-3H3,(H,23,25)(H,24,26). The van der Waals surface area contributed by atoms with Crippen molar-refractivity contribution in [3.05, 3.63) is 72.7 Å². The summed E-state index contributed by atoms with van der Waals surface area (Å²) in [4.78, 5) is 25.7. The number of hydrogen-bond acceptors (Lipinski definition) is 6. The van der Waals surface area contributed by atoms with Gasteiger partial charge in [0.15, 0.2) is 0 Å². The quantitative estimate of drug-likeness (QED) is 0.407. The molecule has 8 heteroatoms. The van der Waals surface area contributed by atoms with E-state index in [-0.39, 0.29) is 26.4 Å². The number of benzene rings is 1. The van der Waals surface area contributed by atoms with E-state index < -0.39 is 23.8 Å². The molecule has 30 heavy (non-hydrogen) atoms. The molecule has 0 aliphatic carbocycles. The maximum Gasteiger partial charge on any atom is 0.408 e. The highest BCUT2D eigenvalue weighted by atomic mass is 16.7. The van der Waals surface area contributed by atoms with Crippen molar-refractivity contribution in [1.82, 2.24) is 10.6 Å². The Morgan fingerprint density at radius 3 is 2.40 bits per heavy atom. The van der Waals surface area contributed by atoms with Gasteiger partial charge in [-0.1, -0.05) is 43.0 Å². The Morgan fingerprint density at radius 2 is 1.83 bits per heavy atom. The van der Waals surface area contributed by atoms with Crippen molar-refractivity contribution in [3.8, 4) is 0 Å². The van der Waals surface area contributed by atoms with E-state index in [1.54, 1.807) is 50.2 Å². The van der Waals surface area contributed by atoms with Crippen molar-refractivity contribution in [3.63, 3.8) is 0 Å². The molecule has 0 saturated heterocycles. The van der Waals surface area contributed by atoms with Crippen LogP contribution >= 0.6 is 0 Å². The van der Waals surface area contributed by atoms with Crippen LogP contribution in [0.2, 0.25) is 0 Å². The zero-order chi connectivity index (χ0) is 21.8. The molecule has 2 N–H and O–H groups in total. The van der Waals surface area contributed by atoms with Crippen LogP contribution in [0.1, 0.15) is 31.2 Å². The summed E-state index contributed by atoms with van der Waals surface area (Å²) in [7, 11) is 0. The molecule has 0 spiro atoms. The molecule has 0 fully saturated rings. The molecule has 2 rings (SSSR count). The number of carbonyl (C=O) groups excluding carboxylic acids is 2. The SMILES string of the molecule is C=CCOC(=O)NC(c1ccccc1)C(OCC)(OCC)C(=O)NCc1ccco1. The average Bonchev–Trinajstić information content (AvgIpc) is 3.28. The monoisotopic (exact) mass is 416 g/mol. The van der Waals surface area contributed by atoms with Crippen LogP contribution in [0, 0.1) is 0 Å². The van der Waals surface area contributed by atoms with Crippen molar-refractivity contribution in [2.45, 2.75) is 32.2 Å². The molecule has 2 aromatic rings. The molecule has 1 aromatic heterocycles. The van der Waals surface area contributed by atoms with Gasteiger partial charge in [0.25, 0.3) is 11.7 Å². The van der Waals surface area contributed by atoms with E-state index in [1.807, 2.05) is 6.07 Å². The second kappa shape index (κ2) is 11.8. The zero-order valence-electron chi connectivity index (χ0n) is 17.3. The highest BCUT2D eigenvalue weighted by molar-refractivity contribution is 5.85. The lowest BCUT2D eigenvalue weighted by Gasteiger charge is -2.38. The van der Waals surface area contributed by atoms with Gasteiger partial charge < -0.3 is 29.3 Å². The molecule has 2 amide bonds. The number of amides is 2. The van der Waals surface area contributed by atoms with Gasteiger partial charge in [0.2, 0.25) is 0 Å². The van der Waals surface area contributed by atoms with Gasteiger partial charge >= 0.3 is 6.09 Å². The second-order valence-corrected chi connectivity index (χ2v) is 6.17. The molecule has 0 saturated carbocycles. The van der Waals surface area contributed by atoms with Gasteiger partial charge in [-0.3, -0.25) is 4.79 Å². The van der Waals surface area contributed by atoms with Crippen LogP contribution in [0.15, 0.2) is 65.8 Å². The predicted octanol–water partition coefficient (Wildman–Crippen LogP) is 3.32. The Balaban J connectivity index is 2.40. The summed E-state index contributed by atoms with van der Waals surface area (Å²) in [6.07, 6.45) is 2.24. The van der Waals surface area contributed by atoms with Crippen LogP contribution in [-0.2, 0) is 25.5 Å². The number of rotatable bonds is 12. The summed E-state index contributed by atoms with van der Waals surface area (Å²) in [6.45, 7) is 7.50. The lowest BCUT2D eigenvalue weighted by atomic mass is 9.96. The van der Waals surface area contributed by atoms with Crippen LogP contribution in [0.3, 0.4) is 0 Å². The van der Waals surface area contributed by atoms with Crippen LogP contribution in [-0.4, -0.2) is 37.6 Å². The molecule has 1 atom stereocenters. The fourth-order valence-electron chi connectivity index (χ4n) is 2.94. The molecule has 0 bridgehead atoms. The number of hydrogen-bond donors (Lipinski definition) is 2. The molecule has 0 aliphatic rings. The number of alkyl carbamates (subject to hydrolysis) is 1. The number of ether oxygens (including phenoxy) is 3. The third-order valence-electron chi connectivity index (χ3n) is 4.14. The van der Waals surface area contributed by atoms with Gasteiger partial charge in [-0.15, -0.1) is 0 Å². The number of carbonyl (C=O) groups is 2. The number of nitrogens with one attached hydrogen (secondary N) is 2. The summed E-state index contributed by atoms with van der Waals surface area (Å²) in [5, 5.41) is 5.48. The van der Waals surface area contributed by atoms with E-state index in [0.29, 0.717) is 11.3 Å². The van der Waals surface area contributed by atoms with Crippen molar-refractivity contribution in [2.75, 3.05) is 19.8 Å². The van der Waals surface area contributed by atoms with E-state index >= 15 is 0 Å². The molecule has 162 valence electrons. The van der Waals surface area contributed by atoms with Gasteiger partial charge in [0.05, 0.1) is 12.8 Å². The molecule has 1 unspecified atom stereocenters. The maximum absolute atomic E-state index is 13.3. The van der Waals surface area contributed by atoms with Crippen molar-refractivity contribution < 1.29 is 28.2 Å². The Kier molecular flexibility index (Phi) is 9.11. The van der Waals surface area contributed by atoms with Gasteiger partial charge in [0, 0.05) is 13.2 Å². The fraction of sp³-hybridized carbons (Fsp3) is 0.364. The average molecular weight is 416 g/mol. The molecule has 8 nitrogen and oxygen atoms in total. The Labute approximate surface area is 176 Å². The zero-order valence-corrected chi connectivity index (χ0v) is 17.3. The van der Waals surface area contributed by atoms with Crippen molar-refractivity contribution >= 4 is 12.0 Å². The van der Waals surface area contributed by atoms with Crippen LogP contribution in [0.5, 0.6) is 0 Å². The van der Waals surface area contributed by atoms with E-state index in [4.69, 9.17) is 18.6 Å². The topological polar surface area (TPSA) is 99.0 Å². The minimum Gasteiger partial charge on any atom is -0.467 e. The van der Waals surface area contributed by atoms with E-state index in [0.717, 1.165) is 0 Å². The molecule has 1 heterocycles. The lowest BCUT2D eigenvalue weighted by molar-refractivity contribution is -0.241. The predicted molar refractivity (Wildman–Crippen MR) is 110 cm³/mol. The van der Waals surface area contributed by atoms with Crippen LogP contribution < -0.4 is 10.6 Å². The number of furan rings is 1. The third-order valence-corrected chi connectivity index (χ3v) is 4.14. The molecular weight excluding hydrogens is 388 g/mol. The molecule has 0 aliphatic heterocycles. The van der Waals surface area contributed by atoms with Gasteiger partial charge in [-0.2, -0.15) is 0 Å². The fourth-order valence-corrected chi connectivity index (χ4v) is 2.94. The smallest absolute Gasteiger partial charge is 0.408 e. The first-order valence-electron chi connectivity index (χ1n) is 9.75. The maximum atomic E-state index is 13.3. The first-order valence-corrected chi connectivity index (χ1v) is 9.75. The molecular formula is C22H28N2O6. The summed E-state index contributed by atoms with van der Waals surface area (Å²) in [5.41, 5.74) is 0.614. The normalized spacial score (nSPS) is 12.1. The second-order valence-electron chi connectivity index (χ2n) is 6.17. The summed E-state index contributed by atoms with van der Waals surface area (Å²) in [5.74, 6) is -1.81.